The van der Waals surface area contributed by atoms with Crippen LogP contribution in [0, 0.1) is 5.82 Å². The largest absolute Gasteiger partial charge is 0.329 e. The number of rotatable bonds is 2. The summed E-state index contributed by atoms with van der Waals surface area (Å²) in [5, 5.41) is 2.64. The molecule has 0 bridgehead atoms. The average Bonchev–Trinajstić information content (AvgIpc) is 2.53. The van der Waals surface area contributed by atoms with E-state index in [1.54, 1.807) is 0 Å². The van der Waals surface area contributed by atoms with E-state index >= 15 is 0 Å². The van der Waals surface area contributed by atoms with Crippen molar-refractivity contribution in [3.8, 4) is 0 Å². The minimum atomic E-state index is -0.528. The molecule has 84 valence electrons. The summed E-state index contributed by atoms with van der Waals surface area (Å²) in [5.74, 6) is -0.889. The van der Waals surface area contributed by atoms with Gasteiger partial charge in [0.2, 0.25) is 5.91 Å². The highest BCUT2D eigenvalue weighted by Crippen LogP contribution is 2.17. The Hall–Kier alpha value is -1.62. The van der Waals surface area contributed by atoms with Crippen molar-refractivity contribution in [2.24, 2.45) is 0 Å². The van der Waals surface area contributed by atoms with Crippen molar-refractivity contribution in [3.63, 3.8) is 0 Å². The maximum absolute atomic E-state index is 13.4. The van der Waals surface area contributed by atoms with Gasteiger partial charge >= 0.3 is 6.03 Å². The molecule has 0 aliphatic carbocycles. The van der Waals surface area contributed by atoms with Crippen LogP contribution >= 0.6 is 11.6 Å². The van der Waals surface area contributed by atoms with Crippen LogP contribution in [0.4, 0.5) is 9.18 Å². The molecule has 1 N–H and O–H groups in total. The summed E-state index contributed by atoms with van der Waals surface area (Å²) in [4.78, 5) is 23.4. The second kappa shape index (κ2) is 4.09. The maximum atomic E-state index is 13.4. The minimum absolute atomic E-state index is 0.0337. The third-order valence-corrected chi connectivity index (χ3v) is 2.52. The summed E-state index contributed by atoms with van der Waals surface area (Å²) in [7, 11) is 0. The van der Waals surface area contributed by atoms with Crippen molar-refractivity contribution in [2.45, 2.75) is 6.54 Å². The van der Waals surface area contributed by atoms with Crippen LogP contribution in [0.3, 0.4) is 0 Å². The Kier molecular flexibility index (Phi) is 2.78. The van der Waals surface area contributed by atoms with E-state index in [4.69, 9.17) is 11.6 Å². The zero-order valence-corrected chi connectivity index (χ0v) is 8.92. The fraction of sp³-hybridized carbons (Fsp3) is 0.200. The normalized spacial score (nSPS) is 15.5. The molecule has 1 aliphatic rings. The van der Waals surface area contributed by atoms with Gasteiger partial charge in [-0.3, -0.25) is 9.69 Å². The number of hydrogen-bond donors (Lipinski definition) is 1. The Morgan fingerprint density at radius 3 is 2.75 bits per heavy atom. The van der Waals surface area contributed by atoms with Crippen LogP contribution in [-0.4, -0.2) is 23.4 Å². The Morgan fingerprint density at radius 2 is 2.19 bits per heavy atom. The molecule has 4 nitrogen and oxygen atoms in total. The van der Waals surface area contributed by atoms with Crippen molar-refractivity contribution in [1.82, 2.24) is 10.2 Å². The number of urea groups is 1. The first-order valence-corrected chi connectivity index (χ1v) is 4.98. The second-order valence-electron chi connectivity index (χ2n) is 3.37. The lowest BCUT2D eigenvalue weighted by Crippen LogP contribution is -2.30. The van der Waals surface area contributed by atoms with Gasteiger partial charge in [0, 0.05) is 10.6 Å². The number of imide groups is 1. The molecule has 0 saturated carbocycles. The molecule has 1 saturated heterocycles. The number of carbonyl (C=O) groups excluding carboxylic acids is 2. The summed E-state index contributed by atoms with van der Waals surface area (Å²) in [6.07, 6.45) is 0. The van der Waals surface area contributed by atoms with Crippen LogP contribution in [0.5, 0.6) is 0 Å². The summed E-state index contributed by atoms with van der Waals surface area (Å²) in [5.41, 5.74) is 0.259. The molecule has 0 aromatic heterocycles. The van der Waals surface area contributed by atoms with Gasteiger partial charge in [0.1, 0.15) is 5.82 Å². The number of amides is 3. The molecule has 16 heavy (non-hydrogen) atoms. The third kappa shape index (κ3) is 1.99. The van der Waals surface area contributed by atoms with E-state index in [2.05, 4.69) is 5.32 Å². The van der Waals surface area contributed by atoms with E-state index in [1.165, 1.54) is 12.1 Å². The van der Waals surface area contributed by atoms with Crippen LogP contribution in [0.25, 0.3) is 0 Å². The molecule has 0 unspecified atom stereocenters. The van der Waals surface area contributed by atoms with Gasteiger partial charge in [0.25, 0.3) is 0 Å². The van der Waals surface area contributed by atoms with E-state index in [0.29, 0.717) is 0 Å². The molecular weight excluding hydrogens is 235 g/mol. The first-order valence-electron chi connectivity index (χ1n) is 4.60. The first-order chi connectivity index (χ1) is 7.58. The molecule has 1 aromatic carbocycles. The number of carbonyl (C=O) groups is 2. The van der Waals surface area contributed by atoms with Crippen LogP contribution in [0.2, 0.25) is 5.02 Å². The standard InChI is InChI=1S/C10H8ClFN2O2/c11-7-2-1-6(8(12)3-7)5-14-9(15)4-13-10(14)16/h1-3H,4-5H2,(H,13,16). The highest BCUT2D eigenvalue weighted by molar-refractivity contribution is 6.30. The average molecular weight is 243 g/mol. The molecule has 2 rings (SSSR count). The molecule has 1 aromatic rings. The fourth-order valence-electron chi connectivity index (χ4n) is 1.44. The summed E-state index contributed by atoms with van der Waals surface area (Å²) >= 11 is 5.59. The molecule has 1 aliphatic heterocycles. The summed E-state index contributed by atoms with van der Waals surface area (Å²) in [6.45, 7) is -0.109. The molecule has 1 fully saturated rings. The van der Waals surface area contributed by atoms with Crippen molar-refractivity contribution in [2.75, 3.05) is 6.54 Å². The van der Waals surface area contributed by atoms with Gasteiger partial charge in [-0.2, -0.15) is 0 Å². The zero-order chi connectivity index (χ0) is 11.7. The smallest absolute Gasteiger partial charge is 0.324 e. The number of hydrogen-bond acceptors (Lipinski definition) is 2. The number of nitrogens with one attached hydrogen (secondary N) is 1. The lowest BCUT2D eigenvalue weighted by atomic mass is 10.2. The molecule has 0 radical (unpaired) electrons. The lowest BCUT2D eigenvalue weighted by Gasteiger charge is -2.12. The van der Waals surface area contributed by atoms with Gasteiger partial charge < -0.3 is 5.32 Å². The highest BCUT2D eigenvalue weighted by Gasteiger charge is 2.28. The van der Waals surface area contributed by atoms with Gasteiger partial charge in [-0.1, -0.05) is 17.7 Å². The SMILES string of the molecule is O=C1CNC(=O)N1Cc1ccc(Cl)cc1F. The van der Waals surface area contributed by atoms with Gasteiger partial charge in [-0.05, 0) is 12.1 Å². The molecular formula is C10H8ClFN2O2. The van der Waals surface area contributed by atoms with E-state index in [0.717, 1.165) is 11.0 Å². The van der Waals surface area contributed by atoms with Crippen molar-refractivity contribution in [3.05, 3.63) is 34.6 Å². The monoisotopic (exact) mass is 242 g/mol. The highest BCUT2D eigenvalue weighted by atomic mass is 35.5. The van der Waals surface area contributed by atoms with E-state index in [-0.39, 0.29) is 29.6 Å². The van der Waals surface area contributed by atoms with Gasteiger partial charge in [0.05, 0.1) is 13.1 Å². The Balaban J connectivity index is 2.20. The predicted octanol–water partition coefficient (Wildman–Crippen LogP) is 1.53. The zero-order valence-electron chi connectivity index (χ0n) is 8.17. The summed E-state index contributed by atoms with van der Waals surface area (Å²) < 4.78 is 13.4. The quantitative estimate of drug-likeness (QED) is 0.800. The van der Waals surface area contributed by atoms with Gasteiger partial charge in [-0.15, -0.1) is 0 Å². The van der Waals surface area contributed by atoms with Crippen LogP contribution < -0.4 is 5.32 Å². The van der Waals surface area contributed by atoms with E-state index in [1.807, 2.05) is 0 Å². The number of nitrogens with zero attached hydrogens (tertiary/aromatic N) is 1. The van der Waals surface area contributed by atoms with E-state index in [9.17, 15) is 14.0 Å². The number of halogens is 2. The van der Waals surface area contributed by atoms with Crippen molar-refractivity contribution in [1.29, 1.82) is 0 Å². The third-order valence-electron chi connectivity index (χ3n) is 2.28. The maximum Gasteiger partial charge on any atom is 0.324 e. The fourth-order valence-corrected chi connectivity index (χ4v) is 1.59. The van der Waals surface area contributed by atoms with Crippen LogP contribution in [-0.2, 0) is 11.3 Å². The predicted molar refractivity (Wildman–Crippen MR) is 55.4 cm³/mol. The molecule has 6 heteroatoms. The van der Waals surface area contributed by atoms with Crippen molar-refractivity contribution >= 4 is 23.5 Å². The molecule has 3 amide bonds. The van der Waals surface area contributed by atoms with Crippen LogP contribution in [0.1, 0.15) is 5.56 Å². The van der Waals surface area contributed by atoms with Crippen molar-refractivity contribution < 1.29 is 14.0 Å². The molecule has 0 atom stereocenters. The molecule has 1 heterocycles. The minimum Gasteiger partial charge on any atom is -0.329 e. The molecule has 0 spiro atoms. The van der Waals surface area contributed by atoms with Crippen LogP contribution in [0.15, 0.2) is 18.2 Å². The first kappa shape index (κ1) is 10.9. The van der Waals surface area contributed by atoms with E-state index < -0.39 is 11.8 Å². The van der Waals surface area contributed by atoms with Gasteiger partial charge in [-0.25, -0.2) is 9.18 Å². The number of benzene rings is 1. The second-order valence-corrected chi connectivity index (χ2v) is 3.81. The Labute approximate surface area is 96.0 Å². The topological polar surface area (TPSA) is 49.4 Å². The lowest BCUT2D eigenvalue weighted by molar-refractivity contribution is -0.125. The van der Waals surface area contributed by atoms with Gasteiger partial charge in [0.15, 0.2) is 0 Å². The Morgan fingerprint density at radius 1 is 1.44 bits per heavy atom. The summed E-state index contributed by atoms with van der Waals surface area (Å²) in [6, 6.07) is 3.61. The Bertz CT molecular complexity index is 448.